The molecule has 164 valence electrons. The van der Waals surface area contributed by atoms with Gasteiger partial charge in [-0.2, -0.15) is 18.3 Å². The molecule has 0 radical (unpaired) electrons. The maximum Gasteiger partial charge on any atom is 0.433 e. The fourth-order valence-electron chi connectivity index (χ4n) is 4.05. The molecule has 1 aliphatic rings. The van der Waals surface area contributed by atoms with Gasteiger partial charge in [0.15, 0.2) is 17.0 Å². The van der Waals surface area contributed by atoms with Crippen LogP contribution in [-0.4, -0.2) is 31.9 Å². The Morgan fingerprint density at radius 1 is 1.12 bits per heavy atom. The number of hydrogen-bond acceptors (Lipinski definition) is 4. The zero-order chi connectivity index (χ0) is 22.5. The average Bonchev–Trinajstić information content (AvgIpc) is 3.52. The zero-order valence-electron chi connectivity index (χ0n) is 16.5. The average molecular weight is 460 g/mol. The van der Waals surface area contributed by atoms with Crippen molar-refractivity contribution in [2.75, 3.05) is 6.54 Å². The molecule has 3 aromatic heterocycles. The topological polar surface area (TPSA) is 50.5 Å². The van der Waals surface area contributed by atoms with Gasteiger partial charge in [-0.25, -0.2) is 13.9 Å². The first-order chi connectivity index (χ1) is 15.3. The van der Waals surface area contributed by atoms with Crippen molar-refractivity contribution in [2.45, 2.75) is 25.1 Å². The highest BCUT2D eigenvalue weighted by molar-refractivity contribution is 7.13. The summed E-state index contributed by atoms with van der Waals surface area (Å²) in [5, 5.41) is 5.71. The second-order valence-corrected chi connectivity index (χ2v) is 8.46. The van der Waals surface area contributed by atoms with E-state index in [0.29, 0.717) is 34.3 Å². The lowest BCUT2D eigenvalue weighted by molar-refractivity contribution is -0.142. The molecule has 5 nitrogen and oxygen atoms in total. The zero-order valence-corrected chi connectivity index (χ0v) is 17.3. The van der Waals surface area contributed by atoms with Crippen LogP contribution in [0, 0.1) is 5.82 Å². The third-order valence-electron chi connectivity index (χ3n) is 5.46. The van der Waals surface area contributed by atoms with Crippen LogP contribution in [0.5, 0.6) is 0 Å². The number of benzene rings is 1. The first kappa shape index (κ1) is 20.6. The third-order valence-corrected chi connectivity index (χ3v) is 6.35. The largest absolute Gasteiger partial charge is 0.433 e. The van der Waals surface area contributed by atoms with Gasteiger partial charge in [-0.1, -0.05) is 18.2 Å². The van der Waals surface area contributed by atoms with E-state index in [4.69, 9.17) is 0 Å². The van der Waals surface area contributed by atoms with Gasteiger partial charge in [0.2, 0.25) is 0 Å². The molecule has 1 unspecified atom stereocenters. The number of amides is 1. The monoisotopic (exact) mass is 460 g/mol. The maximum absolute atomic E-state index is 13.8. The summed E-state index contributed by atoms with van der Waals surface area (Å²) in [6.45, 7) is 0.411. The lowest BCUT2D eigenvalue weighted by Crippen LogP contribution is -2.31. The Morgan fingerprint density at radius 2 is 1.97 bits per heavy atom. The predicted molar refractivity (Wildman–Crippen MR) is 111 cm³/mol. The quantitative estimate of drug-likeness (QED) is 0.375. The number of aromatic nitrogens is 3. The van der Waals surface area contributed by atoms with E-state index >= 15 is 0 Å². The van der Waals surface area contributed by atoms with Gasteiger partial charge in [0.25, 0.3) is 5.91 Å². The molecule has 0 N–H and O–H groups in total. The second-order valence-electron chi connectivity index (χ2n) is 7.51. The van der Waals surface area contributed by atoms with Crippen LogP contribution in [0.1, 0.15) is 40.6 Å². The normalized spacial score (nSPS) is 16.8. The van der Waals surface area contributed by atoms with Crippen molar-refractivity contribution in [1.82, 2.24) is 19.5 Å². The highest BCUT2D eigenvalue weighted by Crippen LogP contribution is 2.35. The van der Waals surface area contributed by atoms with Gasteiger partial charge in [0.1, 0.15) is 5.82 Å². The van der Waals surface area contributed by atoms with Gasteiger partial charge < -0.3 is 4.90 Å². The molecular weight excluding hydrogens is 444 g/mol. The molecule has 1 aromatic carbocycles. The Balaban J connectivity index is 1.56. The molecule has 0 aliphatic carbocycles. The van der Waals surface area contributed by atoms with Crippen molar-refractivity contribution in [3.05, 3.63) is 76.7 Å². The summed E-state index contributed by atoms with van der Waals surface area (Å²) in [4.78, 5) is 19.6. The smallest absolute Gasteiger partial charge is 0.330 e. The Morgan fingerprint density at radius 3 is 2.69 bits per heavy atom. The summed E-state index contributed by atoms with van der Waals surface area (Å²) >= 11 is 1.27. The minimum atomic E-state index is -4.68. The SMILES string of the molecule is O=C(c1cc2nc(-c3cccs3)cc(C(F)(F)F)n2n1)N1CCCC1c1cccc(F)c1. The summed E-state index contributed by atoms with van der Waals surface area (Å²) in [6.07, 6.45) is -3.34. The van der Waals surface area contributed by atoms with Crippen LogP contribution in [0.25, 0.3) is 16.2 Å². The van der Waals surface area contributed by atoms with E-state index in [0.717, 1.165) is 6.07 Å². The van der Waals surface area contributed by atoms with Crippen molar-refractivity contribution in [3.8, 4) is 10.6 Å². The van der Waals surface area contributed by atoms with E-state index in [1.165, 1.54) is 34.4 Å². The molecule has 10 heteroatoms. The first-order valence-electron chi connectivity index (χ1n) is 9.89. The van der Waals surface area contributed by atoms with E-state index in [1.54, 1.807) is 29.6 Å². The van der Waals surface area contributed by atoms with Gasteiger partial charge in [0, 0.05) is 12.6 Å². The van der Waals surface area contributed by atoms with Crippen LogP contribution in [0.3, 0.4) is 0 Å². The number of carbonyl (C=O) groups is 1. The number of alkyl halides is 3. The molecule has 1 aliphatic heterocycles. The van der Waals surface area contributed by atoms with Gasteiger partial charge in [-0.3, -0.25) is 4.79 Å². The summed E-state index contributed by atoms with van der Waals surface area (Å²) in [5.74, 6) is -0.914. The van der Waals surface area contributed by atoms with Crippen LogP contribution < -0.4 is 0 Å². The number of nitrogens with zero attached hydrogens (tertiary/aromatic N) is 4. The van der Waals surface area contributed by atoms with Crippen LogP contribution in [0.2, 0.25) is 0 Å². The van der Waals surface area contributed by atoms with Crippen molar-refractivity contribution < 1.29 is 22.4 Å². The summed E-state index contributed by atoms with van der Waals surface area (Å²) in [7, 11) is 0. The van der Waals surface area contributed by atoms with Gasteiger partial charge in [-0.05, 0) is 48.1 Å². The number of fused-ring (bicyclic) bond motifs is 1. The Kier molecular flexibility index (Phi) is 4.96. The van der Waals surface area contributed by atoms with Gasteiger partial charge in [-0.15, -0.1) is 11.3 Å². The van der Waals surface area contributed by atoms with Crippen molar-refractivity contribution in [2.24, 2.45) is 0 Å². The lowest BCUT2D eigenvalue weighted by atomic mass is 10.0. The molecule has 1 atom stereocenters. The molecule has 1 saturated heterocycles. The Hall–Kier alpha value is -3.27. The van der Waals surface area contributed by atoms with E-state index < -0.39 is 23.6 Å². The number of thiophene rings is 1. The van der Waals surface area contributed by atoms with E-state index in [-0.39, 0.29) is 23.1 Å². The highest BCUT2D eigenvalue weighted by Gasteiger charge is 2.37. The molecule has 4 heterocycles. The lowest BCUT2D eigenvalue weighted by Gasteiger charge is -2.24. The molecule has 0 saturated carbocycles. The predicted octanol–water partition coefficient (Wildman–Crippen LogP) is 5.59. The van der Waals surface area contributed by atoms with E-state index in [9.17, 15) is 22.4 Å². The first-order valence-corrected chi connectivity index (χ1v) is 10.8. The highest BCUT2D eigenvalue weighted by atomic mass is 32.1. The number of rotatable bonds is 3. The fraction of sp³-hybridized carbons (Fsp3) is 0.227. The summed E-state index contributed by atoms with van der Waals surface area (Å²) < 4.78 is 55.6. The second kappa shape index (κ2) is 7.70. The standard InChI is InChI=1S/C22H16F4N4OS/c23-14-5-1-4-13(10-14)17-6-2-8-29(17)21(31)16-12-20-27-15(18-7-3-9-32-18)11-19(22(24,25)26)30(20)28-16/h1,3-5,7,9-12,17H,2,6,8H2. The van der Waals surface area contributed by atoms with Crippen molar-refractivity contribution in [3.63, 3.8) is 0 Å². The molecule has 1 amide bonds. The van der Waals surface area contributed by atoms with Gasteiger partial charge >= 0.3 is 6.18 Å². The van der Waals surface area contributed by atoms with Crippen LogP contribution in [0.15, 0.2) is 53.9 Å². The van der Waals surface area contributed by atoms with E-state index in [2.05, 4.69) is 10.1 Å². The van der Waals surface area contributed by atoms with Crippen LogP contribution in [0.4, 0.5) is 17.6 Å². The van der Waals surface area contributed by atoms with Crippen molar-refractivity contribution in [1.29, 1.82) is 0 Å². The molecule has 4 aromatic rings. The van der Waals surface area contributed by atoms with Crippen LogP contribution in [-0.2, 0) is 6.18 Å². The van der Waals surface area contributed by atoms with Crippen LogP contribution >= 0.6 is 11.3 Å². The molecule has 0 bridgehead atoms. The minimum absolute atomic E-state index is 0.0620. The number of hydrogen-bond donors (Lipinski definition) is 0. The summed E-state index contributed by atoms with van der Waals surface area (Å²) in [5.41, 5.74) is -0.387. The summed E-state index contributed by atoms with van der Waals surface area (Å²) in [6, 6.07) is 11.3. The van der Waals surface area contributed by atoms with Gasteiger partial charge in [0.05, 0.1) is 16.6 Å². The number of likely N-dealkylation sites (tertiary alicyclic amines) is 1. The number of carbonyl (C=O) groups excluding carboxylic acids is 1. The molecular formula is C22H16F4N4OS. The third kappa shape index (κ3) is 3.64. The molecule has 5 rings (SSSR count). The molecule has 32 heavy (non-hydrogen) atoms. The van der Waals surface area contributed by atoms with Crippen molar-refractivity contribution >= 4 is 22.9 Å². The Labute approximate surface area is 183 Å². The maximum atomic E-state index is 13.8. The molecule has 0 spiro atoms. The molecule has 1 fully saturated rings. The number of halogens is 4. The van der Waals surface area contributed by atoms with E-state index in [1.807, 2.05) is 0 Å². The fourth-order valence-corrected chi connectivity index (χ4v) is 4.73. The minimum Gasteiger partial charge on any atom is -0.330 e. The Bertz CT molecular complexity index is 1300.